The Hall–Kier alpha value is -2.18. The number of alkyl halides is 3. The maximum Gasteiger partial charge on any atom is 0.416 e. The minimum absolute atomic E-state index is 0.114. The second-order valence-electron chi connectivity index (χ2n) is 4.70. The maximum atomic E-state index is 12.8. The Morgan fingerprint density at radius 1 is 1.29 bits per heavy atom. The average molecular weight is 299 g/mol. The van der Waals surface area contributed by atoms with E-state index in [9.17, 15) is 13.2 Å². The van der Waals surface area contributed by atoms with Crippen molar-refractivity contribution in [1.82, 2.24) is 4.98 Å². The molecule has 21 heavy (non-hydrogen) atoms. The minimum atomic E-state index is -4.41. The van der Waals surface area contributed by atoms with E-state index in [4.69, 9.17) is 4.42 Å². The number of furan rings is 1. The van der Waals surface area contributed by atoms with Crippen molar-refractivity contribution in [2.45, 2.75) is 25.6 Å². The van der Waals surface area contributed by atoms with Gasteiger partial charge in [-0.05, 0) is 31.2 Å². The van der Waals surface area contributed by atoms with Crippen molar-refractivity contribution in [3.63, 3.8) is 0 Å². The van der Waals surface area contributed by atoms with Gasteiger partial charge in [-0.2, -0.15) is 13.2 Å². The van der Waals surface area contributed by atoms with Crippen molar-refractivity contribution in [2.75, 3.05) is 17.7 Å². The number of aromatic nitrogens is 1. The Kier molecular flexibility index (Phi) is 4.40. The highest BCUT2D eigenvalue weighted by atomic mass is 19.4. The Morgan fingerprint density at radius 2 is 2.00 bits per heavy atom. The smallest absolute Gasteiger partial charge is 0.416 e. The fraction of sp³-hybridized carbons (Fsp3) is 0.357. The summed E-state index contributed by atoms with van der Waals surface area (Å²) in [5.74, 6) is 1.10. The van der Waals surface area contributed by atoms with Gasteiger partial charge in [-0.15, -0.1) is 0 Å². The highest BCUT2D eigenvalue weighted by Crippen LogP contribution is 2.32. The number of hydrogen-bond acceptors (Lipinski definition) is 4. The maximum absolute atomic E-state index is 12.8. The van der Waals surface area contributed by atoms with E-state index in [2.05, 4.69) is 15.6 Å². The highest BCUT2D eigenvalue weighted by molar-refractivity contribution is 5.50. The molecule has 1 unspecified atom stereocenters. The van der Waals surface area contributed by atoms with Gasteiger partial charge in [0, 0.05) is 19.5 Å². The van der Waals surface area contributed by atoms with Gasteiger partial charge in [-0.3, -0.25) is 0 Å². The molecule has 0 aliphatic carbocycles. The molecule has 2 N–H and O–H groups in total. The fourth-order valence-electron chi connectivity index (χ4n) is 1.93. The molecule has 0 aromatic carbocycles. The standard InChI is InChI=1S/C14H16F3N3O/c1-9(6-11-4-3-5-21-11)19-13-8-10(14(15,16)17)7-12(18-2)20-13/h3-5,7-9H,6H2,1-2H3,(H2,18,19,20). The summed E-state index contributed by atoms with van der Waals surface area (Å²) in [5.41, 5.74) is -0.741. The first-order valence-corrected chi connectivity index (χ1v) is 6.44. The number of pyridine rings is 1. The molecular formula is C14H16F3N3O. The van der Waals surface area contributed by atoms with Gasteiger partial charge in [0.15, 0.2) is 0 Å². The number of anilines is 2. The summed E-state index contributed by atoms with van der Waals surface area (Å²) in [6.45, 7) is 1.85. The Bertz CT molecular complexity index is 582. The molecule has 0 fully saturated rings. The summed E-state index contributed by atoms with van der Waals surface area (Å²) < 4.78 is 43.7. The van der Waals surface area contributed by atoms with Gasteiger partial charge in [0.1, 0.15) is 17.4 Å². The molecule has 0 radical (unpaired) electrons. The van der Waals surface area contributed by atoms with E-state index >= 15 is 0 Å². The van der Waals surface area contributed by atoms with Gasteiger partial charge in [0.05, 0.1) is 11.8 Å². The van der Waals surface area contributed by atoms with E-state index in [1.807, 2.05) is 13.0 Å². The lowest BCUT2D eigenvalue weighted by atomic mass is 10.2. The van der Waals surface area contributed by atoms with Crippen molar-refractivity contribution in [3.8, 4) is 0 Å². The molecule has 1 atom stereocenters. The number of nitrogens with one attached hydrogen (secondary N) is 2. The van der Waals surface area contributed by atoms with Crippen LogP contribution in [-0.4, -0.2) is 18.1 Å². The summed E-state index contributed by atoms with van der Waals surface area (Å²) in [6.07, 6.45) is -2.29. The average Bonchev–Trinajstić information content (AvgIpc) is 2.89. The number of hydrogen-bond donors (Lipinski definition) is 2. The molecule has 114 valence electrons. The fourth-order valence-corrected chi connectivity index (χ4v) is 1.93. The van der Waals surface area contributed by atoms with Crippen LogP contribution in [-0.2, 0) is 12.6 Å². The first kappa shape index (κ1) is 15.2. The molecule has 0 amide bonds. The molecular weight excluding hydrogens is 283 g/mol. The lowest BCUT2D eigenvalue weighted by molar-refractivity contribution is -0.137. The van der Waals surface area contributed by atoms with Crippen LogP contribution in [0.3, 0.4) is 0 Å². The topological polar surface area (TPSA) is 50.1 Å². The molecule has 0 aliphatic heterocycles. The second-order valence-corrected chi connectivity index (χ2v) is 4.70. The van der Waals surface area contributed by atoms with Gasteiger partial charge in [-0.25, -0.2) is 4.98 Å². The summed E-state index contributed by atoms with van der Waals surface area (Å²) in [4.78, 5) is 4.08. The van der Waals surface area contributed by atoms with Gasteiger partial charge in [-0.1, -0.05) is 0 Å². The summed E-state index contributed by atoms with van der Waals surface area (Å²) in [7, 11) is 1.53. The van der Waals surface area contributed by atoms with Crippen molar-refractivity contribution in [3.05, 3.63) is 41.9 Å². The van der Waals surface area contributed by atoms with E-state index in [0.717, 1.165) is 17.9 Å². The molecule has 0 spiro atoms. The molecule has 2 aromatic rings. The van der Waals surface area contributed by atoms with Gasteiger partial charge >= 0.3 is 6.18 Å². The quantitative estimate of drug-likeness (QED) is 0.882. The summed E-state index contributed by atoms with van der Waals surface area (Å²) in [5, 5.41) is 5.59. The van der Waals surface area contributed by atoms with Crippen molar-refractivity contribution in [2.24, 2.45) is 0 Å². The second kappa shape index (κ2) is 6.07. The monoisotopic (exact) mass is 299 g/mol. The molecule has 2 rings (SSSR count). The Balaban J connectivity index is 2.15. The molecule has 2 aromatic heterocycles. The first-order chi connectivity index (χ1) is 9.88. The molecule has 2 heterocycles. The van der Waals surface area contributed by atoms with Crippen LogP contribution in [0.5, 0.6) is 0 Å². The highest BCUT2D eigenvalue weighted by Gasteiger charge is 2.31. The molecule has 0 bridgehead atoms. The molecule has 0 saturated heterocycles. The normalized spacial score (nSPS) is 13.0. The number of nitrogens with zero attached hydrogens (tertiary/aromatic N) is 1. The molecule has 4 nitrogen and oxygen atoms in total. The summed E-state index contributed by atoms with van der Waals surface area (Å²) in [6, 6.07) is 5.44. The van der Waals surface area contributed by atoms with Crippen LogP contribution >= 0.6 is 0 Å². The van der Waals surface area contributed by atoms with Gasteiger partial charge in [0.25, 0.3) is 0 Å². The summed E-state index contributed by atoms with van der Waals surface area (Å²) >= 11 is 0. The van der Waals surface area contributed by atoms with Crippen LogP contribution < -0.4 is 10.6 Å². The Labute approximate surface area is 120 Å². The molecule has 0 saturated carbocycles. The third-order valence-electron chi connectivity index (χ3n) is 2.89. The molecule has 7 heteroatoms. The number of rotatable bonds is 5. The van der Waals surface area contributed by atoms with Crippen LogP contribution in [0.4, 0.5) is 24.8 Å². The van der Waals surface area contributed by atoms with Crippen LogP contribution in [0.1, 0.15) is 18.2 Å². The predicted molar refractivity (Wildman–Crippen MR) is 74.3 cm³/mol. The van der Waals surface area contributed by atoms with Crippen LogP contribution in [0.25, 0.3) is 0 Å². The van der Waals surface area contributed by atoms with E-state index in [0.29, 0.717) is 6.42 Å². The zero-order valence-electron chi connectivity index (χ0n) is 11.7. The van der Waals surface area contributed by atoms with Crippen LogP contribution in [0.15, 0.2) is 34.9 Å². The van der Waals surface area contributed by atoms with Crippen molar-refractivity contribution in [1.29, 1.82) is 0 Å². The SMILES string of the molecule is CNc1cc(C(F)(F)F)cc(NC(C)Cc2ccco2)n1. The van der Waals surface area contributed by atoms with E-state index in [-0.39, 0.29) is 17.7 Å². The van der Waals surface area contributed by atoms with E-state index in [1.54, 1.807) is 12.3 Å². The third kappa shape index (κ3) is 4.14. The zero-order valence-corrected chi connectivity index (χ0v) is 11.7. The van der Waals surface area contributed by atoms with Gasteiger partial charge < -0.3 is 15.1 Å². The molecule has 0 aliphatic rings. The predicted octanol–water partition coefficient (Wildman–Crippen LogP) is 3.78. The van der Waals surface area contributed by atoms with Crippen molar-refractivity contribution < 1.29 is 17.6 Å². The zero-order chi connectivity index (χ0) is 15.5. The lowest BCUT2D eigenvalue weighted by Crippen LogP contribution is -2.19. The third-order valence-corrected chi connectivity index (χ3v) is 2.89. The first-order valence-electron chi connectivity index (χ1n) is 6.44. The van der Waals surface area contributed by atoms with Gasteiger partial charge in [0.2, 0.25) is 0 Å². The van der Waals surface area contributed by atoms with E-state index in [1.165, 1.54) is 7.05 Å². The largest absolute Gasteiger partial charge is 0.469 e. The lowest BCUT2D eigenvalue weighted by Gasteiger charge is -2.16. The van der Waals surface area contributed by atoms with Crippen LogP contribution in [0.2, 0.25) is 0 Å². The number of halogens is 3. The minimum Gasteiger partial charge on any atom is -0.469 e. The van der Waals surface area contributed by atoms with Crippen molar-refractivity contribution >= 4 is 11.6 Å². The van der Waals surface area contributed by atoms with E-state index < -0.39 is 11.7 Å². The van der Waals surface area contributed by atoms with Crippen LogP contribution in [0, 0.1) is 0 Å². The Morgan fingerprint density at radius 3 is 2.57 bits per heavy atom.